The van der Waals surface area contributed by atoms with E-state index in [1.807, 2.05) is 30.3 Å². The molecule has 1 saturated heterocycles. The van der Waals surface area contributed by atoms with Crippen molar-refractivity contribution in [2.75, 3.05) is 24.5 Å². The lowest BCUT2D eigenvalue weighted by molar-refractivity contribution is 0.0945. The van der Waals surface area contributed by atoms with Crippen LogP contribution in [0.5, 0.6) is 0 Å². The molecular formula is C21H28N4O. The van der Waals surface area contributed by atoms with Gasteiger partial charge in [-0.15, -0.1) is 0 Å². The SMILES string of the molecule is CC(C)(C)c1ccc(C(=O)NCC2CCN(c3ncccn3)CC2)cc1. The Morgan fingerprint density at radius 2 is 1.73 bits per heavy atom. The molecule has 0 atom stereocenters. The highest BCUT2D eigenvalue weighted by Gasteiger charge is 2.21. The van der Waals surface area contributed by atoms with Gasteiger partial charge < -0.3 is 10.2 Å². The third-order valence-corrected chi connectivity index (χ3v) is 5.01. The number of anilines is 1. The second kappa shape index (κ2) is 7.85. The van der Waals surface area contributed by atoms with E-state index < -0.39 is 0 Å². The molecule has 0 saturated carbocycles. The van der Waals surface area contributed by atoms with Crippen LogP contribution >= 0.6 is 0 Å². The maximum Gasteiger partial charge on any atom is 0.251 e. The summed E-state index contributed by atoms with van der Waals surface area (Å²) in [6.07, 6.45) is 5.64. The summed E-state index contributed by atoms with van der Waals surface area (Å²) in [6.45, 7) is 9.12. The predicted octanol–water partition coefficient (Wildman–Crippen LogP) is 3.42. The molecule has 2 heterocycles. The van der Waals surface area contributed by atoms with Gasteiger partial charge in [0.25, 0.3) is 5.91 Å². The molecule has 138 valence electrons. The fourth-order valence-corrected chi connectivity index (χ4v) is 3.25. The molecule has 1 aliphatic rings. The molecule has 0 unspecified atom stereocenters. The van der Waals surface area contributed by atoms with Gasteiger partial charge in [-0.1, -0.05) is 32.9 Å². The summed E-state index contributed by atoms with van der Waals surface area (Å²) in [5, 5.41) is 3.09. The van der Waals surface area contributed by atoms with Crippen molar-refractivity contribution in [2.24, 2.45) is 5.92 Å². The lowest BCUT2D eigenvalue weighted by Gasteiger charge is -2.31. The second-order valence-electron chi connectivity index (χ2n) is 8.02. The van der Waals surface area contributed by atoms with Gasteiger partial charge in [-0.2, -0.15) is 0 Å². The van der Waals surface area contributed by atoms with E-state index in [2.05, 4.69) is 41.0 Å². The maximum atomic E-state index is 12.4. The van der Waals surface area contributed by atoms with Crippen LogP contribution in [0.1, 0.15) is 49.5 Å². The van der Waals surface area contributed by atoms with Crippen molar-refractivity contribution in [1.29, 1.82) is 0 Å². The number of nitrogens with one attached hydrogen (secondary N) is 1. The number of amides is 1. The molecule has 1 aliphatic heterocycles. The zero-order valence-corrected chi connectivity index (χ0v) is 15.9. The van der Waals surface area contributed by atoms with Gasteiger partial charge in [0.1, 0.15) is 0 Å². The number of benzene rings is 1. The summed E-state index contributed by atoms with van der Waals surface area (Å²) in [5.74, 6) is 1.32. The van der Waals surface area contributed by atoms with Gasteiger partial charge in [0.05, 0.1) is 0 Å². The van der Waals surface area contributed by atoms with Crippen LogP contribution in [0.15, 0.2) is 42.7 Å². The topological polar surface area (TPSA) is 58.1 Å². The summed E-state index contributed by atoms with van der Waals surface area (Å²) in [4.78, 5) is 23.2. The molecule has 0 bridgehead atoms. The molecule has 0 spiro atoms. The number of carbonyl (C=O) groups is 1. The van der Waals surface area contributed by atoms with Gasteiger partial charge in [0, 0.05) is 37.6 Å². The summed E-state index contributed by atoms with van der Waals surface area (Å²) < 4.78 is 0. The molecule has 0 aliphatic carbocycles. The Morgan fingerprint density at radius 3 is 2.31 bits per heavy atom. The number of piperidine rings is 1. The Kier molecular flexibility index (Phi) is 5.55. The number of rotatable bonds is 4. The van der Waals surface area contributed by atoms with E-state index in [4.69, 9.17) is 0 Å². The monoisotopic (exact) mass is 352 g/mol. The number of aromatic nitrogens is 2. The van der Waals surface area contributed by atoms with Crippen molar-refractivity contribution in [3.05, 3.63) is 53.9 Å². The van der Waals surface area contributed by atoms with Gasteiger partial charge in [0.15, 0.2) is 0 Å². The first kappa shape index (κ1) is 18.4. The minimum absolute atomic E-state index is 0.0132. The lowest BCUT2D eigenvalue weighted by atomic mass is 9.86. The van der Waals surface area contributed by atoms with Crippen LogP contribution in [0.2, 0.25) is 0 Å². The Bertz CT molecular complexity index is 714. The van der Waals surface area contributed by atoms with Crippen molar-refractivity contribution in [1.82, 2.24) is 15.3 Å². The zero-order valence-electron chi connectivity index (χ0n) is 15.9. The molecule has 1 aromatic carbocycles. The van der Waals surface area contributed by atoms with Crippen LogP contribution in [0.4, 0.5) is 5.95 Å². The predicted molar refractivity (Wildman–Crippen MR) is 104 cm³/mol. The fourth-order valence-electron chi connectivity index (χ4n) is 3.25. The quantitative estimate of drug-likeness (QED) is 0.916. The molecule has 1 aromatic heterocycles. The van der Waals surface area contributed by atoms with E-state index in [0.29, 0.717) is 5.92 Å². The Morgan fingerprint density at radius 1 is 1.12 bits per heavy atom. The number of nitrogens with zero attached hydrogens (tertiary/aromatic N) is 3. The minimum Gasteiger partial charge on any atom is -0.352 e. The van der Waals surface area contributed by atoms with E-state index in [1.54, 1.807) is 12.4 Å². The van der Waals surface area contributed by atoms with E-state index in [1.165, 1.54) is 5.56 Å². The van der Waals surface area contributed by atoms with Gasteiger partial charge >= 0.3 is 0 Å². The van der Waals surface area contributed by atoms with Crippen LogP contribution in [0.25, 0.3) is 0 Å². The second-order valence-corrected chi connectivity index (χ2v) is 8.02. The Balaban J connectivity index is 1.47. The molecule has 3 rings (SSSR count). The summed E-state index contributed by atoms with van der Waals surface area (Å²) >= 11 is 0. The summed E-state index contributed by atoms with van der Waals surface area (Å²) in [7, 11) is 0. The molecule has 5 nitrogen and oxygen atoms in total. The summed E-state index contributed by atoms with van der Waals surface area (Å²) in [6, 6.07) is 9.77. The van der Waals surface area contributed by atoms with Crippen molar-refractivity contribution >= 4 is 11.9 Å². The van der Waals surface area contributed by atoms with E-state index in [9.17, 15) is 4.79 Å². The Labute approximate surface area is 155 Å². The first-order chi connectivity index (χ1) is 12.4. The van der Waals surface area contributed by atoms with E-state index >= 15 is 0 Å². The van der Waals surface area contributed by atoms with Crippen LogP contribution in [-0.4, -0.2) is 35.5 Å². The Hall–Kier alpha value is -2.43. The third kappa shape index (κ3) is 4.59. The van der Waals surface area contributed by atoms with Crippen molar-refractivity contribution < 1.29 is 4.79 Å². The molecule has 5 heteroatoms. The average molecular weight is 352 g/mol. The highest BCUT2D eigenvalue weighted by Crippen LogP contribution is 2.22. The van der Waals surface area contributed by atoms with Gasteiger partial charge in [-0.05, 0) is 47.9 Å². The molecule has 1 N–H and O–H groups in total. The zero-order chi connectivity index (χ0) is 18.6. The van der Waals surface area contributed by atoms with Gasteiger partial charge in [-0.3, -0.25) is 4.79 Å². The number of hydrogen-bond donors (Lipinski definition) is 1. The first-order valence-corrected chi connectivity index (χ1v) is 9.34. The number of carbonyl (C=O) groups excluding carboxylic acids is 1. The molecule has 0 radical (unpaired) electrons. The largest absolute Gasteiger partial charge is 0.352 e. The van der Waals surface area contributed by atoms with Crippen molar-refractivity contribution in [2.45, 2.75) is 39.0 Å². The maximum absolute atomic E-state index is 12.4. The smallest absolute Gasteiger partial charge is 0.251 e. The van der Waals surface area contributed by atoms with E-state index in [0.717, 1.165) is 44.0 Å². The highest BCUT2D eigenvalue weighted by molar-refractivity contribution is 5.94. The van der Waals surface area contributed by atoms with Crippen molar-refractivity contribution in [3.8, 4) is 0 Å². The first-order valence-electron chi connectivity index (χ1n) is 9.34. The van der Waals surface area contributed by atoms with Crippen LogP contribution in [0, 0.1) is 5.92 Å². The minimum atomic E-state index is 0.0132. The average Bonchev–Trinajstić information content (AvgIpc) is 2.66. The van der Waals surface area contributed by atoms with Crippen LogP contribution < -0.4 is 10.2 Å². The van der Waals surface area contributed by atoms with Gasteiger partial charge in [0.2, 0.25) is 5.95 Å². The molecular weight excluding hydrogens is 324 g/mol. The lowest BCUT2D eigenvalue weighted by Crippen LogP contribution is -2.39. The standard InChI is InChI=1S/C21H28N4O/c1-21(2,3)18-7-5-17(6-8-18)19(26)24-15-16-9-13-25(14-10-16)20-22-11-4-12-23-20/h4-8,11-12,16H,9-10,13-15H2,1-3H3,(H,24,26). The van der Waals surface area contributed by atoms with E-state index in [-0.39, 0.29) is 11.3 Å². The molecule has 2 aromatic rings. The molecule has 1 amide bonds. The molecule has 1 fully saturated rings. The van der Waals surface area contributed by atoms with Crippen molar-refractivity contribution in [3.63, 3.8) is 0 Å². The molecule has 26 heavy (non-hydrogen) atoms. The summed E-state index contributed by atoms with van der Waals surface area (Å²) in [5.41, 5.74) is 2.07. The van der Waals surface area contributed by atoms with Crippen LogP contribution in [-0.2, 0) is 5.41 Å². The van der Waals surface area contributed by atoms with Gasteiger partial charge in [-0.25, -0.2) is 9.97 Å². The van der Waals surface area contributed by atoms with Crippen LogP contribution in [0.3, 0.4) is 0 Å². The normalized spacial score (nSPS) is 15.7. The fraction of sp³-hybridized carbons (Fsp3) is 0.476. The number of hydrogen-bond acceptors (Lipinski definition) is 4. The third-order valence-electron chi connectivity index (χ3n) is 5.01. The highest BCUT2D eigenvalue weighted by atomic mass is 16.1.